The number of hydrogen-bond acceptors (Lipinski definition) is 5. The van der Waals surface area contributed by atoms with E-state index in [2.05, 4.69) is 22.3 Å². The van der Waals surface area contributed by atoms with Gasteiger partial charge in [-0.25, -0.2) is 0 Å². The van der Waals surface area contributed by atoms with Crippen LogP contribution in [0.15, 0.2) is 4.52 Å². The molecule has 1 heterocycles. The number of carbonyl (C=O) groups excluding carboxylic acids is 1. The van der Waals surface area contributed by atoms with E-state index in [-0.39, 0.29) is 18.2 Å². The van der Waals surface area contributed by atoms with Crippen LogP contribution in [-0.4, -0.2) is 47.8 Å². The van der Waals surface area contributed by atoms with Crippen molar-refractivity contribution in [2.75, 3.05) is 26.7 Å². The zero-order valence-corrected chi connectivity index (χ0v) is 11.9. The van der Waals surface area contributed by atoms with E-state index >= 15 is 0 Å². The molecule has 0 spiro atoms. The van der Waals surface area contributed by atoms with Gasteiger partial charge in [0.2, 0.25) is 0 Å². The molecule has 0 atom stereocenters. The minimum Gasteiger partial charge on any atom is -0.388 e. The quantitative estimate of drug-likeness (QED) is 0.734. The third-order valence-electron chi connectivity index (χ3n) is 3.05. The smallest absolute Gasteiger partial charge is 0.273 e. The first-order chi connectivity index (χ1) is 9.10. The normalized spacial score (nSPS) is 11.0. The predicted octanol–water partition coefficient (Wildman–Crippen LogP) is 0.937. The molecule has 0 saturated carbocycles. The summed E-state index contributed by atoms with van der Waals surface area (Å²) < 4.78 is 4.88. The fraction of sp³-hybridized carbons (Fsp3) is 0.692. The summed E-state index contributed by atoms with van der Waals surface area (Å²) in [4.78, 5) is 14.0. The molecule has 19 heavy (non-hydrogen) atoms. The molecular weight excluding hydrogens is 246 g/mol. The molecule has 0 fully saturated rings. The Labute approximate surface area is 113 Å². The number of aliphatic hydroxyl groups is 1. The fourth-order valence-electron chi connectivity index (χ4n) is 1.71. The van der Waals surface area contributed by atoms with Crippen LogP contribution in [0.1, 0.15) is 41.6 Å². The molecule has 0 aliphatic heterocycles. The SMILES string of the molecule is CCCCN(C)CCNC(=O)c1noc(CO)c1C. The molecule has 0 aromatic carbocycles. The molecule has 2 N–H and O–H groups in total. The number of nitrogens with one attached hydrogen (secondary N) is 1. The van der Waals surface area contributed by atoms with Gasteiger partial charge in [-0.3, -0.25) is 4.79 Å². The Morgan fingerprint density at radius 3 is 2.79 bits per heavy atom. The Morgan fingerprint density at radius 2 is 2.21 bits per heavy atom. The van der Waals surface area contributed by atoms with Gasteiger partial charge in [-0.1, -0.05) is 18.5 Å². The van der Waals surface area contributed by atoms with Crippen LogP contribution in [0.3, 0.4) is 0 Å². The molecule has 1 aromatic heterocycles. The molecule has 1 rings (SSSR count). The zero-order chi connectivity index (χ0) is 14.3. The van der Waals surface area contributed by atoms with Crippen molar-refractivity contribution >= 4 is 5.91 Å². The van der Waals surface area contributed by atoms with Crippen LogP contribution in [0, 0.1) is 6.92 Å². The van der Waals surface area contributed by atoms with Crippen LogP contribution < -0.4 is 5.32 Å². The highest BCUT2D eigenvalue weighted by molar-refractivity contribution is 5.93. The van der Waals surface area contributed by atoms with E-state index < -0.39 is 0 Å². The molecule has 108 valence electrons. The van der Waals surface area contributed by atoms with Gasteiger partial charge in [-0.2, -0.15) is 0 Å². The second-order valence-corrected chi connectivity index (χ2v) is 4.65. The topological polar surface area (TPSA) is 78.6 Å². The minimum absolute atomic E-state index is 0.244. The van der Waals surface area contributed by atoms with Gasteiger partial charge >= 0.3 is 0 Å². The average molecular weight is 269 g/mol. The molecule has 6 heteroatoms. The van der Waals surface area contributed by atoms with Crippen LogP contribution in [0.25, 0.3) is 0 Å². The first-order valence-electron chi connectivity index (χ1n) is 6.62. The Hall–Kier alpha value is -1.40. The fourth-order valence-corrected chi connectivity index (χ4v) is 1.71. The van der Waals surface area contributed by atoms with E-state index in [9.17, 15) is 4.79 Å². The van der Waals surface area contributed by atoms with Gasteiger partial charge in [0.05, 0.1) is 0 Å². The van der Waals surface area contributed by atoms with E-state index in [1.54, 1.807) is 6.92 Å². The largest absolute Gasteiger partial charge is 0.388 e. The van der Waals surface area contributed by atoms with Gasteiger partial charge in [-0.05, 0) is 26.9 Å². The van der Waals surface area contributed by atoms with Crippen molar-refractivity contribution in [2.45, 2.75) is 33.3 Å². The van der Waals surface area contributed by atoms with Gasteiger partial charge in [0, 0.05) is 18.7 Å². The maximum absolute atomic E-state index is 11.9. The van der Waals surface area contributed by atoms with Gasteiger partial charge < -0.3 is 19.8 Å². The van der Waals surface area contributed by atoms with Crippen molar-refractivity contribution in [1.82, 2.24) is 15.4 Å². The van der Waals surface area contributed by atoms with E-state index in [1.807, 2.05) is 7.05 Å². The molecule has 1 aromatic rings. The van der Waals surface area contributed by atoms with E-state index in [0.29, 0.717) is 17.9 Å². The lowest BCUT2D eigenvalue weighted by Crippen LogP contribution is -2.33. The number of likely N-dealkylation sites (N-methyl/N-ethyl adjacent to an activating group) is 1. The molecule has 1 amide bonds. The Morgan fingerprint density at radius 1 is 1.47 bits per heavy atom. The average Bonchev–Trinajstić information content (AvgIpc) is 2.77. The number of rotatable bonds is 8. The number of amides is 1. The number of carbonyl (C=O) groups is 1. The van der Waals surface area contributed by atoms with Crippen molar-refractivity contribution < 1.29 is 14.4 Å². The molecule has 0 radical (unpaired) electrons. The van der Waals surface area contributed by atoms with Crippen molar-refractivity contribution in [3.05, 3.63) is 17.0 Å². The van der Waals surface area contributed by atoms with Gasteiger partial charge in [-0.15, -0.1) is 0 Å². The molecule has 0 bridgehead atoms. The van der Waals surface area contributed by atoms with E-state index in [0.717, 1.165) is 19.5 Å². The summed E-state index contributed by atoms with van der Waals surface area (Å²) in [5, 5.41) is 15.4. The van der Waals surface area contributed by atoms with Crippen molar-refractivity contribution in [3.8, 4) is 0 Å². The highest BCUT2D eigenvalue weighted by Gasteiger charge is 2.17. The van der Waals surface area contributed by atoms with Crippen LogP contribution >= 0.6 is 0 Å². The summed E-state index contributed by atoms with van der Waals surface area (Å²) >= 11 is 0. The highest BCUT2D eigenvalue weighted by atomic mass is 16.5. The maximum Gasteiger partial charge on any atom is 0.273 e. The number of aliphatic hydroxyl groups excluding tert-OH is 1. The second kappa shape index (κ2) is 7.91. The van der Waals surface area contributed by atoms with Gasteiger partial charge in [0.15, 0.2) is 11.5 Å². The molecule has 0 aliphatic carbocycles. The third kappa shape index (κ3) is 4.65. The zero-order valence-electron chi connectivity index (χ0n) is 11.9. The molecule has 6 nitrogen and oxygen atoms in total. The van der Waals surface area contributed by atoms with E-state index in [1.165, 1.54) is 6.42 Å². The lowest BCUT2D eigenvalue weighted by Gasteiger charge is -2.15. The standard InChI is InChI=1S/C13H23N3O3/c1-4-5-7-16(3)8-6-14-13(18)12-10(2)11(9-17)19-15-12/h17H,4-9H2,1-3H3,(H,14,18). The molecule has 0 aliphatic rings. The number of hydrogen-bond donors (Lipinski definition) is 2. The second-order valence-electron chi connectivity index (χ2n) is 4.65. The summed E-state index contributed by atoms with van der Waals surface area (Å²) in [7, 11) is 2.03. The van der Waals surface area contributed by atoms with Crippen molar-refractivity contribution in [2.24, 2.45) is 0 Å². The predicted molar refractivity (Wildman–Crippen MR) is 71.9 cm³/mol. The van der Waals surface area contributed by atoms with Crippen molar-refractivity contribution in [1.29, 1.82) is 0 Å². The summed E-state index contributed by atoms with van der Waals surface area (Å²) in [6, 6.07) is 0. The number of nitrogens with zero attached hydrogens (tertiary/aromatic N) is 2. The summed E-state index contributed by atoms with van der Waals surface area (Å²) in [5.74, 6) is 0.0788. The maximum atomic E-state index is 11.9. The third-order valence-corrected chi connectivity index (χ3v) is 3.05. The number of unbranched alkanes of at least 4 members (excludes halogenated alkanes) is 1. The number of aromatic nitrogens is 1. The lowest BCUT2D eigenvalue weighted by molar-refractivity contribution is 0.0940. The van der Waals surface area contributed by atoms with Crippen LogP contribution in [0.2, 0.25) is 0 Å². The summed E-state index contributed by atoms with van der Waals surface area (Å²) in [6.07, 6.45) is 2.32. The van der Waals surface area contributed by atoms with Crippen molar-refractivity contribution in [3.63, 3.8) is 0 Å². The summed E-state index contributed by atoms with van der Waals surface area (Å²) in [5.41, 5.74) is 0.847. The first-order valence-corrected chi connectivity index (χ1v) is 6.62. The minimum atomic E-state index is -0.259. The Balaban J connectivity index is 2.37. The monoisotopic (exact) mass is 269 g/mol. The van der Waals surface area contributed by atoms with Crippen LogP contribution in [0.5, 0.6) is 0 Å². The van der Waals surface area contributed by atoms with Gasteiger partial charge in [0.25, 0.3) is 5.91 Å². The van der Waals surface area contributed by atoms with Crippen LogP contribution in [-0.2, 0) is 6.61 Å². The first kappa shape index (κ1) is 15.7. The molecular formula is C13H23N3O3. The molecule has 0 saturated heterocycles. The highest BCUT2D eigenvalue weighted by Crippen LogP contribution is 2.12. The Kier molecular flexibility index (Phi) is 6.52. The lowest BCUT2D eigenvalue weighted by atomic mass is 10.2. The van der Waals surface area contributed by atoms with E-state index in [4.69, 9.17) is 9.63 Å². The Bertz CT molecular complexity index is 404. The molecule has 0 unspecified atom stereocenters. The summed E-state index contributed by atoms with van der Waals surface area (Å²) in [6.45, 7) is 6.03. The van der Waals surface area contributed by atoms with Crippen LogP contribution in [0.4, 0.5) is 0 Å². The van der Waals surface area contributed by atoms with Gasteiger partial charge in [0.1, 0.15) is 6.61 Å².